The van der Waals surface area contributed by atoms with Crippen LogP contribution in [0, 0.1) is 16.0 Å². The Morgan fingerprint density at radius 1 is 1.45 bits per heavy atom. The fraction of sp³-hybridized carbons (Fsp3) is 0.500. The minimum atomic E-state index is -3.93. The molecule has 124 valence electrons. The van der Waals surface area contributed by atoms with Gasteiger partial charge >= 0.3 is 0 Å². The third kappa shape index (κ3) is 4.79. The summed E-state index contributed by atoms with van der Waals surface area (Å²) in [6.07, 6.45) is 1.92. The van der Waals surface area contributed by atoms with Gasteiger partial charge in [0.1, 0.15) is 0 Å². The molecule has 7 nitrogen and oxygen atoms in total. The van der Waals surface area contributed by atoms with Gasteiger partial charge in [-0.25, -0.2) is 13.1 Å². The Labute approximate surface area is 140 Å². The number of benzene rings is 1. The maximum Gasteiger partial charge on any atom is 0.290 e. The highest BCUT2D eigenvalue weighted by Gasteiger charge is 2.27. The van der Waals surface area contributed by atoms with E-state index in [1.54, 1.807) is 0 Å². The highest BCUT2D eigenvalue weighted by molar-refractivity contribution is 7.89. The Morgan fingerprint density at radius 2 is 2.18 bits per heavy atom. The zero-order valence-electron chi connectivity index (χ0n) is 11.6. The molecular weight excluding hydrogens is 353 g/mol. The number of hydrogen-bond donors (Lipinski definition) is 2. The third-order valence-electron chi connectivity index (χ3n) is 3.37. The highest BCUT2D eigenvalue weighted by Crippen LogP contribution is 2.27. The van der Waals surface area contributed by atoms with Crippen molar-refractivity contribution in [3.05, 3.63) is 33.3 Å². The van der Waals surface area contributed by atoms with Crippen LogP contribution >= 0.6 is 24.0 Å². The molecule has 0 spiro atoms. The maximum atomic E-state index is 12.2. The van der Waals surface area contributed by atoms with Crippen molar-refractivity contribution in [1.29, 1.82) is 0 Å². The van der Waals surface area contributed by atoms with Gasteiger partial charge in [-0.05, 0) is 44.0 Å². The van der Waals surface area contributed by atoms with E-state index in [0.717, 1.165) is 38.1 Å². The van der Waals surface area contributed by atoms with Crippen LogP contribution in [0.2, 0.25) is 5.02 Å². The van der Waals surface area contributed by atoms with Crippen molar-refractivity contribution in [2.45, 2.75) is 17.7 Å². The average Bonchev–Trinajstić information content (AvgIpc) is 2.46. The first kappa shape index (κ1) is 19.1. The van der Waals surface area contributed by atoms with Crippen LogP contribution in [0.1, 0.15) is 12.8 Å². The summed E-state index contributed by atoms with van der Waals surface area (Å²) >= 11 is 5.68. The van der Waals surface area contributed by atoms with E-state index in [1.807, 2.05) is 0 Å². The van der Waals surface area contributed by atoms with E-state index in [2.05, 4.69) is 10.0 Å². The first-order chi connectivity index (χ1) is 9.90. The first-order valence-electron chi connectivity index (χ1n) is 6.54. The normalized spacial score (nSPS) is 18.5. The Bertz CT molecular complexity index is 633. The molecular formula is C12H17Cl2N3O4S. The summed E-state index contributed by atoms with van der Waals surface area (Å²) in [6.45, 7) is 1.94. The molecule has 22 heavy (non-hydrogen) atoms. The van der Waals surface area contributed by atoms with Gasteiger partial charge in [0.25, 0.3) is 5.69 Å². The molecule has 0 amide bonds. The van der Waals surface area contributed by atoms with Crippen molar-refractivity contribution in [2.75, 3.05) is 19.6 Å². The second kappa shape index (κ2) is 8.07. The molecule has 0 radical (unpaired) electrons. The number of nitrogens with zero attached hydrogens (tertiary/aromatic N) is 1. The smallest absolute Gasteiger partial charge is 0.290 e. The van der Waals surface area contributed by atoms with Gasteiger partial charge in [0.05, 0.1) is 4.92 Å². The molecule has 0 aromatic heterocycles. The molecule has 1 aliphatic rings. The zero-order chi connectivity index (χ0) is 15.5. The molecule has 1 heterocycles. The fourth-order valence-electron chi connectivity index (χ4n) is 2.26. The number of hydrogen-bond acceptors (Lipinski definition) is 5. The van der Waals surface area contributed by atoms with Crippen LogP contribution < -0.4 is 10.0 Å². The molecule has 1 aliphatic heterocycles. The number of nitro benzene ring substituents is 1. The zero-order valence-corrected chi connectivity index (χ0v) is 14.0. The topological polar surface area (TPSA) is 101 Å². The number of nitro groups is 1. The van der Waals surface area contributed by atoms with E-state index in [-0.39, 0.29) is 34.8 Å². The Balaban J connectivity index is 0.00000242. The minimum absolute atomic E-state index is 0. The number of nitrogens with one attached hydrogen (secondary N) is 2. The molecule has 0 bridgehead atoms. The molecule has 1 unspecified atom stereocenters. The predicted octanol–water partition coefficient (Wildman–Crippen LogP) is 1.95. The van der Waals surface area contributed by atoms with Crippen molar-refractivity contribution in [1.82, 2.24) is 10.0 Å². The second-order valence-corrected chi connectivity index (χ2v) is 7.11. The van der Waals surface area contributed by atoms with E-state index >= 15 is 0 Å². The van der Waals surface area contributed by atoms with Gasteiger partial charge in [0, 0.05) is 17.6 Å². The summed E-state index contributed by atoms with van der Waals surface area (Å²) in [7, 11) is -3.93. The molecule has 2 rings (SSSR count). The van der Waals surface area contributed by atoms with Gasteiger partial charge in [-0.2, -0.15) is 0 Å². The van der Waals surface area contributed by atoms with Gasteiger partial charge in [0.2, 0.25) is 10.0 Å². The molecule has 1 atom stereocenters. The first-order valence-corrected chi connectivity index (χ1v) is 8.40. The van der Waals surface area contributed by atoms with Crippen LogP contribution in [0.4, 0.5) is 5.69 Å². The van der Waals surface area contributed by atoms with Gasteiger partial charge in [-0.1, -0.05) is 11.6 Å². The Morgan fingerprint density at radius 3 is 2.77 bits per heavy atom. The van der Waals surface area contributed by atoms with E-state index in [0.29, 0.717) is 0 Å². The van der Waals surface area contributed by atoms with E-state index in [9.17, 15) is 18.5 Å². The summed E-state index contributed by atoms with van der Waals surface area (Å²) in [6, 6.07) is 3.52. The summed E-state index contributed by atoms with van der Waals surface area (Å²) < 4.78 is 26.9. The lowest BCUT2D eigenvalue weighted by atomic mass is 10.0. The quantitative estimate of drug-likeness (QED) is 0.609. The summed E-state index contributed by atoms with van der Waals surface area (Å²) in [4.78, 5) is 9.86. The highest BCUT2D eigenvalue weighted by atomic mass is 35.5. The molecule has 0 saturated carbocycles. The van der Waals surface area contributed by atoms with Crippen LogP contribution in [0.5, 0.6) is 0 Å². The average molecular weight is 370 g/mol. The minimum Gasteiger partial charge on any atom is -0.316 e. The van der Waals surface area contributed by atoms with E-state index in [4.69, 9.17) is 11.6 Å². The Hall–Kier alpha value is -0.930. The largest absolute Gasteiger partial charge is 0.316 e. The summed E-state index contributed by atoms with van der Waals surface area (Å²) in [5, 5.41) is 14.3. The monoisotopic (exact) mass is 369 g/mol. The number of rotatable bonds is 5. The molecule has 10 heteroatoms. The summed E-state index contributed by atoms with van der Waals surface area (Å²) in [5.41, 5.74) is -0.517. The van der Waals surface area contributed by atoms with Crippen molar-refractivity contribution in [3.63, 3.8) is 0 Å². The van der Waals surface area contributed by atoms with Gasteiger partial charge in [-0.3, -0.25) is 10.1 Å². The maximum absolute atomic E-state index is 12.2. The molecule has 1 saturated heterocycles. The molecule has 1 aromatic rings. The standard InChI is InChI=1S/C12H16ClN3O4S.ClH/c13-10-3-4-12(11(6-10)16(17)18)21(19,20)15-8-9-2-1-5-14-7-9;/h3-4,6,9,14-15H,1-2,5,7-8H2;1H. The van der Waals surface area contributed by atoms with Crippen molar-refractivity contribution in [2.24, 2.45) is 5.92 Å². The van der Waals surface area contributed by atoms with Crippen molar-refractivity contribution < 1.29 is 13.3 Å². The van der Waals surface area contributed by atoms with Gasteiger partial charge in [0.15, 0.2) is 4.90 Å². The SMILES string of the molecule is Cl.O=[N+]([O-])c1cc(Cl)ccc1S(=O)(=O)NCC1CCCNC1. The summed E-state index contributed by atoms with van der Waals surface area (Å²) in [5.74, 6) is 0.194. The van der Waals surface area contributed by atoms with Crippen LogP contribution in [-0.4, -0.2) is 33.0 Å². The molecule has 1 aromatic carbocycles. The fourth-order valence-corrected chi connectivity index (χ4v) is 3.70. The van der Waals surface area contributed by atoms with Crippen LogP contribution in [-0.2, 0) is 10.0 Å². The molecule has 0 aliphatic carbocycles. The Kier molecular flexibility index (Phi) is 7.01. The van der Waals surface area contributed by atoms with Crippen LogP contribution in [0.25, 0.3) is 0 Å². The van der Waals surface area contributed by atoms with E-state index < -0.39 is 20.6 Å². The molecule has 2 N–H and O–H groups in total. The molecule has 1 fully saturated rings. The number of halogens is 2. The third-order valence-corrected chi connectivity index (χ3v) is 5.07. The lowest BCUT2D eigenvalue weighted by Gasteiger charge is -2.22. The second-order valence-electron chi connectivity index (χ2n) is 4.93. The van der Waals surface area contributed by atoms with Crippen molar-refractivity contribution in [3.8, 4) is 0 Å². The van der Waals surface area contributed by atoms with Gasteiger partial charge in [-0.15, -0.1) is 12.4 Å². The number of piperidine rings is 1. The van der Waals surface area contributed by atoms with Crippen LogP contribution in [0.15, 0.2) is 23.1 Å². The predicted molar refractivity (Wildman–Crippen MR) is 86.1 cm³/mol. The van der Waals surface area contributed by atoms with Gasteiger partial charge < -0.3 is 5.32 Å². The van der Waals surface area contributed by atoms with Crippen LogP contribution in [0.3, 0.4) is 0 Å². The number of sulfonamides is 1. The lowest BCUT2D eigenvalue weighted by molar-refractivity contribution is -0.387. The lowest BCUT2D eigenvalue weighted by Crippen LogP contribution is -2.38. The van der Waals surface area contributed by atoms with E-state index in [1.165, 1.54) is 6.07 Å². The van der Waals surface area contributed by atoms with Crippen molar-refractivity contribution >= 4 is 39.7 Å².